The van der Waals surface area contributed by atoms with Crippen LogP contribution < -0.4 is 0 Å². The average Bonchev–Trinajstić information content (AvgIpc) is 3.10. The molecule has 0 saturated carbocycles. The quantitative estimate of drug-likeness (QED) is 0.534. The van der Waals surface area contributed by atoms with Crippen molar-refractivity contribution in [3.63, 3.8) is 0 Å². The lowest BCUT2D eigenvalue weighted by Gasteiger charge is -2.05. The number of esters is 1. The normalized spacial score (nSPS) is 10.8. The third-order valence-corrected chi connectivity index (χ3v) is 4.19. The summed E-state index contributed by atoms with van der Waals surface area (Å²) in [6, 6.07) is 12.2. The van der Waals surface area contributed by atoms with Crippen LogP contribution >= 0.6 is 0 Å². The molecule has 0 spiro atoms. The van der Waals surface area contributed by atoms with E-state index in [4.69, 9.17) is 9.84 Å². The number of aliphatic hydroxyl groups excluding tert-OH is 1. The number of ether oxygens (including phenoxy) is 1. The summed E-state index contributed by atoms with van der Waals surface area (Å²) in [5.74, 6) is -0.813. The molecule has 0 aliphatic carbocycles. The lowest BCUT2D eigenvalue weighted by Crippen LogP contribution is -2.14. The molecule has 0 bridgehead atoms. The summed E-state index contributed by atoms with van der Waals surface area (Å²) in [5, 5.41) is 9.85. The van der Waals surface area contributed by atoms with E-state index in [2.05, 4.69) is 11.9 Å². The van der Waals surface area contributed by atoms with Crippen LogP contribution in [-0.4, -0.2) is 28.4 Å². The summed E-state index contributed by atoms with van der Waals surface area (Å²) in [7, 11) is 0. The van der Waals surface area contributed by atoms with Gasteiger partial charge in [-0.3, -0.25) is 4.79 Å². The minimum absolute atomic E-state index is 0.0892. The molecule has 25 heavy (non-hydrogen) atoms. The van der Waals surface area contributed by atoms with Gasteiger partial charge in [-0.25, -0.2) is 4.79 Å². The van der Waals surface area contributed by atoms with Crippen LogP contribution in [0.3, 0.4) is 0 Å². The Kier molecular flexibility index (Phi) is 4.95. The minimum atomic E-state index is -0.563. The number of para-hydroxylation sites is 1. The summed E-state index contributed by atoms with van der Waals surface area (Å²) in [6.07, 6.45) is 2.53. The van der Waals surface area contributed by atoms with Crippen molar-refractivity contribution in [1.29, 1.82) is 0 Å². The summed E-state index contributed by atoms with van der Waals surface area (Å²) < 4.78 is 5.13. The van der Waals surface area contributed by atoms with E-state index in [9.17, 15) is 9.59 Å². The molecule has 5 nitrogen and oxygen atoms in total. The SMILES string of the molecule is CCc1cccc2c(C(=O)COC(=O)c3ccc(CO)cc3)c[nH]c12. The van der Waals surface area contributed by atoms with Crippen molar-refractivity contribution in [2.45, 2.75) is 20.0 Å². The van der Waals surface area contributed by atoms with Crippen LogP contribution in [0, 0.1) is 0 Å². The monoisotopic (exact) mass is 337 g/mol. The fourth-order valence-electron chi connectivity index (χ4n) is 2.78. The minimum Gasteiger partial charge on any atom is -0.454 e. The topological polar surface area (TPSA) is 79.4 Å². The number of nitrogens with one attached hydrogen (secondary N) is 1. The maximum Gasteiger partial charge on any atom is 0.338 e. The van der Waals surface area contributed by atoms with Crippen molar-refractivity contribution in [2.24, 2.45) is 0 Å². The summed E-state index contributed by atoms with van der Waals surface area (Å²) >= 11 is 0. The van der Waals surface area contributed by atoms with Gasteiger partial charge in [0.05, 0.1) is 12.2 Å². The molecule has 0 amide bonds. The number of H-pyrrole nitrogens is 1. The molecule has 0 saturated heterocycles. The van der Waals surface area contributed by atoms with E-state index in [0.29, 0.717) is 16.7 Å². The Bertz CT molecular complexity index is 909. The van der Waals surface area contributed by atoms with Gasteiger partial charge in [-0.05, 0) is 29.7 Å². The first-order valence-corrected chi connectivity index (χ1v) is 8.13. The number of hydrogen-bond donors (Lipinski definition) is 2. The van der Waals surface area contributed by atoms with Crippen LogP contribution in [0.5, 0.6) is 0 Å². The van der Waals surface area contributed by atoms with Crippen LogP contribution in [-0.2, 0) is 17.8 Å². The van der Waals surface area contributed by atoms with E-state index in [-0.39, 0.29) is 19.0 Å². The molecule has 1 heterocycles. The van der Waals surface area contributed by atoms with Crippen molar-refractivity contribution >= 4 is 22.7 Å². The van der Waals surface area contributed by atoms with Gasteiger partial charge < -0.3 is 14.8 Å². The van der Waals surface area contributed by atoms with E-state index < -0.39 is 5.97 Å². The molecule has 0 aliphatic heterocycles. The van der Waals surface area contributed by atoms with Crippen molar-refractivity contribution in [2.75, 3.05) is 6.61 Å². The molecule has 2 aromatic carbocycles. The number of Topliss-reactive ketones (excluding diaryl/α,β-unsaturated/α-hetero) is 1. The van der Waals surface area contributed by atoms with Crippen LogP contribution in [0.4, 0.5) is 0 Å². The molecule has 128 valence electrons. The first-order chi connectivity index (χ1) is 12.1. The zero-order valence-corrected chi connectivity index (χ0v) is 13.9. The van der Waals surface area contributed by atoms with Crippen molar-refractivity contribution in [3.8, 4) is 0 Å². The Morgan fingerprint density at radius 1 is 1.12 bits per heavy atom. The Labute approximate surface area is 145 Å². The average molecular weight is 337 g/mol. The van der Waals surface area contributed by atoms with Gasteiger partial charge in [0.25, 0.3) is 0 Å². The number of carbonyl (C=O) groups is 2. The molecule has 0 fully saturated rings. The van der Waals surface area contributed by atoms with Crippen molar-refractivity contribution < 1.29 is 19.4 Å². The number of aromatic amines is 1. The predicted molar refractivity (Wildman–Crippen MR) is 94.7 cm³/mol. The van der Waals surface area contributed by atoms with Gasteiger partial charge >= 0.3 is 5.97 Å². The highest BCUT2D eigenvalue weighted by atomic mass is 16.5. The van der Waals surface area contributed by atoms with Crippen LogP contribution in [0.25, 0.3) is 10.9 Å². The molecule has 2 N–H and O–H groups in total. The second-order valence-corrected chi connectivity index (χ2v) is 5.75. The summed E-state index contributed by atoms with van der Waals surface area (Å²) in [5.41, 5.74) is 3.65. The standard InChI is InChI=1S/C20H19NO4/c1-2-14-4-3-5-16-17(10-21-19(14)16)18(23)12-25-20(24)15-8-6-13(11-22)7-9-15/h3-10,21-22H,2,11-12H2,1H3. The van der Waals surface area contributed by atoms with Gasteiger partial charge in [0.15, 0.2) is 6.61 Å². The molecule has 3 rings (SSSR count). The third-order valence-electron chi connectivity index (χ3n) is 4.19. The van der Waals surface area contributed by atoms with Gasteiger partial charge in [0, 0.05) is 22.7 Å². The number of rotatable bonds is 6. The molecule has 1 aromatic heterocycles. The summed E-state index contributed by atoms with van der Waals surface area (Å²) in [4.78, 5) is 27.6. The first kappa shape index (κ1) is 16.9. The molecule has 0 aliphatic rings. The number of carbonyl (C=O) groups excluding carboxylic acids is 2. The van der Waals surface area contributed by atoms with E-state index in [0.717, 1.165) is 22.9 Å². The Balaban J connectivity index is 1.71. The number of fused-ring (bicyclic) bond motifs is 1. The summed E-state index contributed by atoms with van der Waals surface area (Å²) in [6.45, 7) is 1.65. The Morgan fingerprint density at radius 3 is 2.56 bits per heavy atom. The van der Waals surface area contributed by atoms with Crippen LogP contribution in [0.2, 0.25) is 0 Å². The van der Waals surface area contributed by atoms with Gasteiger partial charge in [-0.1, -0.05) is 37.3 Å². The predicted octanol–water partition coefficient (Wildman–Crippen LogP) is 3.26. The number of aromatic nitrogens is 1. The molecular formula is C20H19NO4. The zero-order valence-electron chi connectivity index (χ0n) is 13.9. The van der Waals surface area contributed by atoms with E-state index in [1.54, 1.807) is 30.5 Å². The second kappa shape index (κ2) is 7.32. The van der Waals surface area contributed by atoms with E-state index in [1.807, 2.05) is 18.2 Å². The fourth-order valence-corrected chi connectivity index (χ4v) is 2.78. The molecule has 3 aromatic rings. The number of ketones is 1. The lowest BCUT2D eigenvalue weighted by atomic mass is 10.1. The van der Waals surface area contributed by atoms with Crippen molar-refractivity contribution in [1.82, 2.24) is 4.98 Å². The largest absolute Gasteiger partial charge is 0.454 e. The highest BCUT2D eigenvalue weighted by molar-refractivity contribution is 6.09. The van der Waals surface area contributed by atoms with E-state index in [1.165, 1.54) is 0 Å². The highest BCUT2D eigenvalue weighted by Crippen LogP contribution is 2.22. The maximum atomic E-state index is 12.4. The number of aliphatic hydroxyl groups is 1. The third kappa shape index (κ3) is 3.46. The molecule has 5 heteroatoms. The van der Waals surface area contributed by atoms with Crippen LogP contribution in [0.1, 0.15) is 38.8 Å². The Hall–Kier alpha value is -2.92. The second-order valence-electron chi connectivity index (χ2n) is 5.75. The number of benzene rings is 2. The van der Waals surface area contributed by atoms with Crippen LogP contribution in [0.15, 0.2) is 48.7 Å². The molecule has 0 unspecified atom stereocenters. The van der Waals surface area contributed by atoms with Crippen molar-refractivity contribution in [3.05, 3.63) is 70.9 Å². The first-order valence-electron chi connectivity index (χ1n) is 8.13. The van der Waals surface area contributed by atoms with E-state index >= 15 is 0 Å². The molecule has 0 radical (unpaired) electrons. The van der Waals surface area contributed by atoms with Gasteiger partial charge in [-0.15, -0.1) is 0 Å². The smallest absolute Gasteiger partial charge is 0.338 e. The van der Waals surface area contributed by atoms with Gasteiger partial charge in [-0.2, -0.15) is 0 Å². The zero-order chi connectivity index (χ0) is 17.8. The van der Waals surface area contributed by atoms with Gasteiger partial charge in [0.1, 0.15) is 0 Å². The Morgan fingerprint density at radius 2 is 1.88 bits per heavy atom. The van der Waals surface area contributed by atoms with Gasteiger partial charge in [0.2, 0.25) is 5.78 Å². The highest BCUT2D eigenvalue weighted by Gasteiger charge is 2.16. The molecule has 0 atom stereocenters. The number of hydrogen-bond acceptors (Lipinski definition) is 4. The maximum absolute atomic E-state index is 12.4. The fraction of sp³-hybridized carbons (Fsp3) is 0.200. The number of aryl methyl sites for hydroxylation is 1. The lowest BCUT2D eigenvalue weighted by molar-refractivity contribution is 0.0475. The molecular weight excluding hydrogens is 318 g/mol.